The van der Waals surface area contributed by atoms with Crippen molar-refractivity contribution in [1.82, 2.24) is 14.9 Å². The number of amides is 1. The average molecular weight is 333 g/mol. The van der Waals surface area contributed by atoms with Crippen LogP contribution in [0, 0.1) is 13.8 Å². The van der Waals surface area contributed by atoms with E-state index in [0.29, 0.717) is 5.16 Å². The first-order valence-corrected chi connectivity index (χ1v) is 8.54. The van der Waals surface area contributed by atoms with E-state index in [1.54, 1.807) is 0 Å². The van der Waals surface area contributed by atoms with Crippen LogP contribution in [0.2, 0.25) is 0 Å². The monoisotopic (exact) mass is 333 g/mol. The molecule has 124 valence electrons. The minimum absolute atomic E-state index is 0.0799. The molecule has 0 unspecified atom stereocenters. The maximum Gasteiger partial charge on any atom is 0.237 e. The number of aryl methyl sites for hydroxylation is 3. The van der Waals surface area contributed by atoms with Gasteiger partial charge in [-0.2, -0.15) is 0 Å². The summed E-state index contributed by atoms with van der Waals surface area (Å²) < 4.78 is 1.47. The van der Waals surface area contributed by atoms with E-state index in [9.17, 15) is 4.79 Å². The molecule has 2 aromatic rings. The Hall–Kier alpha value is -2.02. The topological polar surface area (TPSA) is 85.8 Å². The molecule has 1 heterocycles. The van der Waals surface area contributed by atoms with Gasteiger partial charge in [-0.3, -0.25) is 4.79 Å². The van der Waals surface area contributed by atoms with Gasteiger partial charge in [-0.25, -0.2) is 4.68 Å². The Kier molecular flexibility index (Phi) is 5.65. The summed E-state index contributed by atoms with van der Waals surface area (Å²) in [7, 11) is 0. The third kappa shape index (κ3) is 4.25. The van der Waals surface area contributed by atoms with Gasteiger partial charge in [0.15, 0.2) is 5.82 Å². The molecular weight excluding hydrogens is 310 g/mol. The van der Waals surface area contributed by atoms with Gasteiger partial charge in [0.2, 0.25) is 11.1 Å². The second-order valence-corrected chi connectivity index (χ2v) is 6.89. The molecule has 0 aliphatic rings. The minimum Gasteiger partial charge on any atom is -0.336 e. The number of nitrogens with zero attached hydrogens (tertiary/aromatic N) is 3. The number of carbonyl (C=O) groups excluding carboxylic acids is 1. The van der Waals surface area contributed by atoms with Crippen molar-refractivity contribution >= 4 is 23.4 Å². The zero-order valence-electron chi connectivity index (χ0n) is 14.0. The maximum absolute atomic E-state index is 12.4. The van der Waals surface area contributed by atoms with Gasteiger partial charge in [0, 0.05) is 12.1 Å². The van der Waals surface area contributed by atoms with Gasteiger partial charge in [0.05, 0.1) is 5.25 Å². The van der Waals surface area contributed by atoms with E-state index >= 15 is 0 Å². The van der Waals surface area contributed by atoms with Gasteiger partial charge in [0.1, 0.15) is 0 Å². The highest BCUT2D eigenvalue weighted by Crippen LogP contribution is 2.23. The summed E-state index contributed by atoms with van der Waals surface area (Å²) in [5.41, 5.74) is 2.98. The first kappa shape index (κ1) is 17.3. The zero-order valence-corrected chi connectivity index (χ0v) is 14.8. The van der Waals surface area contributed by atoms with Gasteiger partial charge in [-0.1, -0.05) is 30.8 Å². The quantitative estimate of drug-likeness (QED) is 0.627. The summed E-state index contributed by atoms with van der Waals surface area (Å²) in [6, 6.07) is 5.99. The lowest BCUT2D eigenvalue weighted by atomic mass is 10.1. The first-order valence-electron chi connectivity index (χ1n) is 7.66. The van der Waals surface area contributed by atoms with E-state index in [1.807, 2.05) is 39.0 Å². The second-order valence-electron chi connectivity index (χ2n) is 5.59. The summed E-state index contributed by atoms with van der Waals surface area (Å²) in [5, 5.41) is 11.3. The molecule has 0 saturated carbocycles. The molecule has 1 aromatic heterocycles. The van der Waals surface area contributed by atoms with Crippen LogP contribution in [0.3, 0.4) is 0 Å². The number of rotatable bonds is 6. The average Bonchev–Trinajstić information content (AvgIpc) is 2.84. The number of benzene rings is 1. The van der Waals surface area contributed by atoms with Crippen LogP contribution in [-0.4, -0.2) is 26.0 Å². The lowest BCUT2D eigenvalue weighted by Gasteiger charge is -2.13. The molecule has 0 radical (unpaired) electrons. The number of anilines is 1. The summed E-state index contributed by atoms with van der Waals surface area (Å²) in [6.07, 6.45) is 1.72. The fourth-order valence-corrected chi connectivity index (χ4v) is 2.89. The number of hydrogen-bond acceptors (Lipinski definition) is 5. The first-order chi connectivity index (χ1) is 10.9. The minimum atomic E-state index is -0.323. The van der Waals surface area contributed by atoms with E-state index in [2.05, 4.69) is 22.4 Å². The predicted molar refractivity (Wildman–Crippen MR) is 94.0 cm³/mol. The van der Waals surface area contributed by atoms with Crippen LogP contribution in [0.4, 0.5) is 5.69 Å². The maximum atomic E-state index is 12.4. The van der Waals surface area contributed by atoms with Crippen LogP contribution >= 0.6 is 11.8 Å². The van der Waals surface area contributed by atoms with Crippen LogP contribution < -0.4 is 11.2 Å². The van der Waals surface area contributed by atoms with Crippen molar-refractivity contribution in [3.63, 3.8) is 0 Å². The predicted octanol–water partition coefficient (Wildman–Crippen LogP) is 2.68. The second kappa shape index (κ2) is 7.50. The van der Waals surface area contributed by atoms with Crippen molar-refractivity contribution in [2.75, 3.05) is 11.2 Å². The number of nitrogens with one attached hydrogen (secondary N) is 1. The third-order valence-electron chi connectivity index (χ3n) is 3.51. The van der Waals surface area contributed by atoms with Crippen molar-refractivity contribution in [2.24, 2.45) is 0 Å². The molecule has 0 bridgehead atoms. The summed E-state index contributed by atoms with van der Waals surface area (Å²) in [5.74, 6) is 6.63. The van der Waals surface area contributed by atoms with Crippen molar-refractivity contribution in [2.45, 2.75) is 50.9 Å². The van der Waals surface area contributed by atoms with Crippen LogP contribution in [0.25, 0.3) is 0 Å². The Morgan fingerprint density at radius 1 is 1.39 bits per heavy atom. The third-order valence-corrected chi connectivity index (χ3v) is 4.57. The Morgan fingerprint density at radius 3 is 2.83 bits per heavy atom. The van der Waals surface area contributed by atoms with Gasteiger partial charge < -0.3 is 11.2 Å². The highest BCUT2D eigenvalue weighted by atomic mass is 32.2. The standard InChI is InChI=1S/C16H23N5OS/c1-5-6-14-19-20-16(21(14)17)23-12(4)15(22)18-13-9-10(2)7-8-11(13)3/h7-9,12H,5-6,17H2,1-4H3,(H,18,22)/t12-/m0/s1. The summed E-state index contributed by atoms with van der Waals surface area (Å²) in [4.78, 5) is 12.4. The molecule has 0 saturated heterocycles. The van der Waals surface area contributed by atoms with E-state index in [-0.39, 0.29) is 11.2 Å². The Morgan fingerprint density at radius 2 is 2.13 bits per heavy atom. The molecule has 23 heavy (non-hydrogen) atoms. The van der Waals surface area contributed by atoms with E-state index in [4.69, 9.17) is 5.84 Å². The van der Waals surface area contributed by atoms with Crippen LogP contribution in [0.5, 0.6) is 0 Å². The highest BCUT2D eigenvalue weighted by molar-refractivity contribution is 8.00. The molecular formula is C16H23N5OS. The van der Waals surface area contributed by atoms with Gasteiger partial charge in [0.25, 0.3) is 0 Å². The summed E-state index contributed by atoms with van der Waals surface area (Å²) >= 11 is 1.31. The number of carbonyl (C=O) groups is 1. The van der Waals surface area contributed by atoms with Crippen LogP contribution in [0.15, 0.2) is 23.4 Å². The molecule has 1 amide bonds. The van der Waals surface area contributed by atoms with Crippen molar-refractivity contribution in [1.29, 1.82) is 0 Å². The van der Waals surface area contributed by atoms with E-state index in [0.717, 1.165) is 35.5 Å². The number of thioether (sulfide) groups is 1. The normalized spacial score (nSPS) is 12.2. The molecule has 0 aliphatic carbocycles. The van der Waals surface area contributed by atoms with Gasteiger partial charge >= 0.3 is 0 Å². The Balaban J connectivity index is 2.04. The number of hydrogen-bond donors (Lipinski definition) is 2. The fourth-order valence-electron chi connectivity index (χ4n) is 2.10. The van der Waals surface area contributed by atoms with E-state index in [1.165, 1.54) is 16.4 Å². The van der Waals surface area contributed by atoms with Crippen molar-refractivity contribution < 1.29 is 4.79 Å². The zero-order chi connectivity index (χ0) is 17.0. The fraction of sp³-hybridized carbons (Fsp3) is 0.438. The largest absolute Gasteiger partial charge is 0.336 e. The molecule has 7 heteroatoms. The van der Waals surface area contributed by atoms with Crippen LogP contribution in [-0.2, 0) is 11.2 Å². The van der Waals surface area contributed by atoms with Crippen molar-refractivity contribution in [3.8, 4) is 0 Å². The molecule has 0 aliphatic heterocycles. The summed E-state index contributed by atoms with van der Waals surface area (Å²) in [6.45, 7) is 7.86. The lowest BCUT2D eigenvalue weighted by molar-refractivity contribution is -0.115. The SMILES string of the molecule is CCCc1nnc(S[C@@H](C)C(=O)Nc2cc(C)ccc2C)n1N. The smallest absolute Gasteiger partial charge is 0.237 e. The van der Waals surface area contributed by atoms with Gasteiger partial charge in [-0.15, -0.1) is 10.2 Å². The number of nitrogens with two attached hydrogens (primary N) is 1. The Labute approximate surface area is 140 Å². The molecule has 1 atom stereocenters. The highest BCUT2D eigenvalue weighted by Gasteiger charge is 2.19. The van der Waals surface area contributed by atoms with Crippen LogP contribution in [0.1, 0.15) is 37.2 Å². The number of nitrogen functional groups attached to an aromatic ring is 1. The Bertz CT molecular complexity index is 698. The van der Waals surface area contributed by atoms with E-state index < -0.39 is 0 Å². The lowest BCUT2D eigenvalue weighted by Crippen LogP contribution is -2.24. The number of aromatic nitrogens is 3. The molecule has 0 fully saturated rings. The molecule has 1 aromatic carbocycles. The van der Waals surface area contributed by atoms with Crippen molar-refractivity contribution in [3.05, 3.63) is 35.2 Å². The molecule has 2 rings (SSSR count). The van der Waals surface area contributed by atoms with Gasteiger partial charge in [-0.05, 0) is 44.4 Å². The molecule has 0 spiro atoms. The molecule has 3 N–H and O–H groups in total. The molecule has 6 nitrogen and oxygen atoms in total.